The lowest BCUT2D eigenvalue weighted by Crippen LogP contribution is -2.59. The van der Waals surface area contributed by atoms with Gasteiger partial charge in [0, 0.05) is 36.5 Å². The number of aliphatic carboxylic acids is 1. The summed E-state index contributed by atoms with van der Waals surface area (Å²) in [5.74, 6) is -3.42. The Balaban J connectivity index is 1.79. The van der Waals surface area contributed by atoms with E-state index in [4.69, 9.17) is 17.2 Å². The number of rotatable bonds is 16. The molecule has 0 aliphatic heterocycles. The SMILES string of the molecule is CC(C)[C@H](NC(=O)[C@@H](N)CCCN=C(N)N)C(=O)N[C@@H](Cc1c[nH]c2ccccc12)C(=O)N[C@@H](Cc1ccccc1)C(=O)O. The van der Waals surface area contributed by atoms with Crippen molar-refractivity contribution in [3.8, 4) is 0 Å². The number of hydrogen-bond donors (Lipinski definition) is 8. The van der Waals surface area contributed by atoms with Crippen LogP contribution in [0.25, 0.3) is 10.9 Å². The molecular weight excluding hydrogens is 564 g/mol. The first-order valence-electron chi connectivity index (χ1n) is 14.5. The zero-order chi connectivity index (χ0) is 32.2. The number of nitrogens with two attached hydrogens (primary N) is 3. The van der Waals surface area contributed by atoms with Crippen LogP contribution < -0.4 is 33.2 Å². The summed E-state index contributed by atoms with van der Waals surface area (Å²) in [5, 5.41) is 18.8. The molecule has 4 atom stereocenters. The Morgan fingerprint density at radius 1 is 0.864 bits per heavy atom. The van der Waals surface area contributed by atoms with Gasteiger partial charge in [-0.2, -0.15) is 0 Å². The van der Waals surface area contributed by atoms with Gasteiger partial charge in [0.05, 0.1) is 6.04 Å². The number of aliphatic imine (C=N–C) groups is 1. The topological polar surface area (TPSA) is 231 Å². The summed E-state index contributed by atoms with van der Waals surface area (Å²) in [5.41, 5.74) is 19.0. The van der Waals surface area contributed by atoms with Crippen molar-refractivity contribution in [2.75, 3.05) is 6.54 Å². The third-order valence-corrected chi connectivity index (χ3v) is 7.18. The fourth-order valence-electron chi connectivity index (χ4n) is 4.76. The van der Waals surface area contributed by atoms with Crippen molar-refractivity contribution in [3.05, 3.63) is 71.9 Å². The molecule has 3 aromatic rings. The van der Waals surface area contributed by atoms with E-state index in [2.05, 4.69) is 25.9 Å². The molecule has 0 spiro atoms. The van der Waals surface area contributed by atoms with Crippen LogP contribution >= 0.6 is 0 Å². The Bertz CT molecular complexity index is 1450. The minimum Gasteiger partial charge on any atom is -0.480 e. The number of nitrogens with one attached hydrogen (secondary N) is 4. The van der Waals surface area contributed by atoms with Crippen LogP contribution in [0.15, 0.2) is 65.8 Å². The van der Waals surface area contributed by atoms with E-state index in [1.54, 1.807) is 44.3 Å². The third kappa shape index (κ3) is 9.83. The number of aromatic nitrogens is 1. The first kappa shape index (κ1) is 33.6. The summed E-state index contributed by atoms with van der Waals surface area (Å²) < 4.78 is 0. The molecule has 1 heterocycles. The van der Waals surface area contributed by atoms with Crippen molar-refractivity contribution in [1.29, 1.82) is 0 Å². The van der Waals surface area contributed by atoms with Gasteiger partial charge in [0.1, 0.15) is 18.1 Å². The van der Waals surface area contributed by atoms with Gasteiger partial charge in [-0.1, -0.05) is 62.4 Å². The molecule has 3 amide bonds. The quantitative estimate of drug-likeness (QED) is 0.0649. The highest BCUT2D eigenvalue weighted by Gasteiger charge is 2.32. The lowest BCUT2D eigenvalue weighted by atomic mass is 9.99. The number of carbonyl (C=O) groups is 4. The fourth-order valence-corrected chi connectivity index (χ4v) is 4.76. The zero-order valence-electron chi connectivity index (χ0n) is 25.0. The van der Waals surface area contributed by atoms with Crippen LogP contribution in [0, 0.1) is 5.92 Å². The first-order valence-corrected chi connectivity index (χ1v) is 14.5. The number of carboxylic acid groups (broad SMARTS) is 1. The normalized spacial score (nSPS) is 13.8. The second-order valence-corrected chi connectivity index (χ2v) is 11.0. The second kappa shape index (κ2) is 16.1. The maximum absolute atomic E-state index is 13.6. The van der Waals surface area contributed by atoms with E-state index in [9.17, 15) is 24.3 Å². The van der Waals surface area contributed by atoms with Crippen LogP contribution in [0.3, 0.4) is 0 Å². The number of amides is 3. The van der Waals surface area contributed by atoms with E-state index in [1.165, 1.54) is 0 Å². The first-order chi connectivity index (χ1) is 21.0. The summed E-state index contributed by atoms with van der Waals surface area (Å²) in [4.78, 5) is 59.2. The number of benzene rings is 2. The summed E-state index contributed by atoms with van der Waals surface area (Å²) in [6, 6.07) is 12.1. The number of carbonyl (C=O) groups excluding carboxylic acids is 3. The Kier molecular flexibility index (Phi) is 12.3. The van der Waals surface area contributed by atoms with Crippen LogP contribution in [0.4, 0.5) is 0 Å². The van der Waals surface area contributed by atoms with Gasteiger partial charge in [-0.15, -0.1) is 0 Å². The van der Waals surface area contributed by atoms with Gasteiger partial charge in [-0.05, 0) is 36.0 Å². The molecule has 0 radical (unpaired) electrons. The van der Waals surface area contributed by atoms with Crippen molar-refractivity contribution in [2.24, 2.45) is 28.1 Å². The van der Waals surface area contributed by atoms with E-state index in [1.807, 2.05) is 30.3 Å². The number of aromatic amines is 1. The highest BCUT2D eigenvalue weighted by atomic mass is 16.4. The van der Waals surface area contributed by atoms with Gasteiger partial charge in [0.2, 0.25) is 17.7 Å². The van der Waals surface area contributed by atoms with Gasteiger partial charge in [-0.25, -0.2) is 4.79 Å². The zero-order valence-corrected chi connectivity index (χ0v) is 25.0. The van der Waals surface area contributed by atoms with Crippen molar-refractivity contribution in [1.82, 2.24) is 20.9 Å². The van der Waals surface area contributed by atoms with Crippen molar-refractivity contribution in [3.63, 3.8) is 0 Å². The van der Waals surface area contributed by atoms with Gasteiger partial charge < -0.3 is 43.2 Å². The molecule has 3 rings (SSSR count). The Morgan fingerprint density at radius 3 is 2.18 bits per heavy atom. The van der Waals surface area contributed by atoms with E-state index in [0.29, 0.717) is 19.4 Å². The molecule has 0 bridgehead atoms. The predicted molar refractivity (Wildman–Crippen MR) is 168 cm³/mol. The molecule has 13 heteroatoms. The summed E-state index contributed by atoms with van der Waals surface area (Å²) in [6.45, 7) is 3.82. The Hall–Kier alpha value is -4.91. The molecule has 236 valence electrons. The number of H-pyrrole nitrogens is 1. The molecular formula is C31H42N8O5. The van der Waals surface area contributed by atoms with Crippen LogP contribution in [0.2, 0.25) is 0 Å². The minimum atomic E-state index is -1.23. The van der Waals surface area contributed by atoms with Gasteiger partial charge in [-0.3, -0.25) is 19.4 Å². The molecule has 1 aromatic heterocycles. The average Bonchev–Trinajstić information content (AvgIpc) is 3.39. The largest absolute Gasteiger partial charge is 0.480 e. The number of hydrogen-bond acceptors (Lipinski definition) is 6. The van der Waals surface area contributed by atoms with E-state index < -0.39 is 47.9 Å². The Labute approximate surface area is 256 Å². The average molecular weight is 607 g/mol. The molecule has 0 unspecified atom stereocenters. The lowest BCUT2D eigenvalue weighted by molar-refractivity contribution is -0.142. The molecule has 44 heavy (non-hydrogen) atoms. The summed E-state index contributed by atoms with van der Waals surface area (Å²) in [6.07, 6.45) is 2.63. The number of para-hydroxylation sites is 1. The maximum atomic E-state index is 13.6. The van der Waals surface area contributed by atoms with Crippen molar-refractivity contribution < 1.29 is 24.3 Å². The number of nitrogens with zero attached hydrogens (tertiary/aromatic N) is 1. The number of carboxylic acids is 1. The highest BCUT2D eigenvalue weighted by Crippen LogP contribution is 2.19. The van der Waals surface area contributed by atoms with Crippen LogP contribution in [-0.4, -0.2) is 70.5 Å². The second-order valence-electron chi connectivity index (χ2n) is 11.0. The maximum Gasteiger partial charge on any atom is 0.326 e. The number of guanidine groups is 1. The third-order valence-electron chi connectivity index (χ3n) is 7.18. The summed E-state index contributed by atoms with van der Waals surface area (Å²) in [7, 11) is 0. The summed E-state index contributed by atoms with van der Waals surface area (Å²) >= 11 is 0. The van der Waals surface area contributed by atoms with E-state index in [0.717, 1.165) is 22.0 Å². The van der Waals surface area contributed by atoms with Crippen molar-refractivity contribution in [2.45, 2.75) is 63.7 Å². The standard InChI is InChI=1S/C31H42N8O5/c1-18(2)26(39-27(40)22(32)12-8-14-35-31(33)34)29(42)37-24(16-20-17-36-23-13-7-6-11-21(20)23)28(41)38-25(30(43)44)15-19-9-4-3-5-10-19/h3-7,9-11,13,17-18,22,24-26,36H,8,12,14-16,32H2,1-2H3,(H,37,42)(H,38,41)(H,39,40)(H,43,44)(H4,33,34,35)/t22-,24-,25-,26-/m0/s1. The highest BCUT2D eigenvalue weighted by molar-refractivity contribution is 5.95. The minimum absolute atomic E-state index is 0.0551. The molecule has 0 aliphatic carbocycles. The molecule has 0 fully saturated rings. The monoisotopic (exact) mass is 606 g/mol. The predicted octanol–water partition coefficient (Wildman–Crippen LogP) is 0.529. The lowest BCUT2D eigenvalue weighted by Gasteiger charge is -2.27. The molecule has 13 nitrogen and oxygen atoms in total. The molecule has 0 saturated heterocycles. The van der Waals surface area contributed by atoms with Crippen molar-refractivity contribution >= 4 is 40.6 Å². The van der Waals surface area contributed by atoms with Gasteiger partial charge >= 0.3 is 5.97 Å². The molecule has 0 aliphatic rings. The van der Waals surface area contributed by atoms with Crippen LogP contribution in [-0.2, 0) is 32.0 Å². The van der Waals surface area contributed by atoms with Crippen LogP contribution in [0.5, 0.6) is 0 Å². The van der Waals surface area contributed by atoms with E-state index in [-0.39, 0.29) is 24.7 Å². The molecule has 0 saturated carbocycles. The van der Waals surface area contributed by atoms with Gasteiger partial charge in [0.25, 0.3) is 0 Å². The number of fused-ring (bicyclic) bond motifs is 1. The smallest absolute Gasteiger partial charge is 0.326 e. The van der Waals surface area contributed by atoms with Crippen LogP contribution in [0.1, 0.15) is 37.8 Å². The molecule has 11 N–H and O–H groups in total. The Morgan fingerprint density at radius 2 is 1.52 bits per heavy atom. The fraction of sp³-hybridized carbons (Fsp3) is 0.387. The van der Waals surface area contributed by atoms with Gasteiger partial charge in [0.15, 0.2) is 5.96 Å². The molecule has 2 aromatic carbocycles. The van der Waals surface area contributed by atoms with E-state index >= 15 is 0 Å².